The summed E-state index contributed by atoms with van der Waals surface area (Å²) in [6, 6.07) is 5.03. The highest BCUT2D eigenvalue weighted by Gasteiger charge is 2.31. The second-order valence-electron chi connectivity index (χ2n) is 7.61. The van der Waals surface area contributed by atoms with E-state index in [2.05, 4.69) is 4.98 Å². The molecular weight excluding hydrogens is 373 g/mol. The molecule has 27 heavy (non-hydrogen) atoms. The van der Waals surface area contributed by atoms with Gasteiger partial charge in [0.2, 0.25) is 5.91 Å². The van der Waals surface area contributed by atoms with Gasteiger partial charge in [0, 0.05) is 41.6 Å². The molecule has 1 aromatic carbocycles. The van der Waals surface area contributed by atoms with E-state index in [1.54, 1.807) is 6.20 Å². The first-order valence-electron chi connectivity index (χ1n) is 9.08. The molecule has 1 saturated heterocycles. The summed E-state index contributed by atoms with van der Waals surface area (Å²) in [5.41, 5.74) is -0.385. The van der Waals surface area contributed by atoms with Crippen molar-refractivity contribution in [3.05, 3.63) is 40.9 Å². The van der Waals surface area contributed by atoms with Crippen LogP contribution < -0.4 is 0 Å². The monoisotopic (exact) mass is 396 g/mol. The molecule has 0 spiro atoms. The molecule has 1 aromatic heterocycles. The summed E-state index contributed by atoms with van der Waals surface area (Å²) in [5.74, 6) is 0.157. The summed E-state index contributed by atoms with van der Waals surface area (Å²) in [7, 11) is 0. The molecule has 0 N–H and O–H groups in total. The summed E-state index contributed by atoms with van der Waals surface area (Å²) in [4.78, 5) is 19.9. The highest BCUT2D eigenvalue weighted by molar-refractivity contribution is 7.15. The van der Waals surface area contributed by atoms with E-state index >= 15 is 0 Å². The van der Waals surface area contributed by atoms with Crippen molar-refractivity contribution < 1.29 is 18.0 Å². The Labute approximate surface area is 161 Å². The summed E-state index contributed by atoms with van der Waals surface area (Å²) in [6.45, 7) is 5.68. The largest absolute Gasteiger partial charge is 0.416 e. The van der Waals surface area contributed by atoms with Crippen LogP contribution in [0.5, 0.6) is 0 Å². The maximum atomic E-state index is 12.7. The molecule has 0 unspecified atom stereocenters. The number of alkyl halides is 3. The topological polar surface area (TPSA) is 33.2 Å². The predicted molar refractivity (Wildman–Crippen MR) is 101 cm³/mol. The smallest absolute Gasteiger partial charge is 0.343 e. The quantitative estimate of drug-likeness (QED) is 0.683. The van der Waals surface area contributed by atoms with Gasteiger partial charge in [-0.15, -0.1) is 11.3 Å². The Bertz CT molecular complexity index is 790. The highest BCUT2D eigenvalue weighted by Crippen LogP contribution is 2.37. The minimum absolute atomic E-state index is 0.157. The van der Waals surface area contributed by atoms with E-state index in [1.807, 2.05) is 18.7 Å². The number of amides is 1. The molecule has 2 heterocycles. The Kier molecular flexibility index (Phi) is 5.60. The minimum atomic E-state index is -4.34. The number of carbonyl (C=O) groups excluding carboxylic acids is 1. The minimum Gasteiger partial charge on any atom is -0.343 e. The Hall–Kier alpha value is -1.89. The van der Waals surface area contributed by atoms with Gasteiger partial charge in [0.25, 0.3) is 0 Å². The second-order valence-corrected chi connectivity index (χ2v) is 8.64. The lowest BCUT2D eigenvalue weighted by Crippen LogP contribution is -2.38. The molecule has 3 rings (SSSR count). The first-order valence-corrected chi connectivity index (χ1v) is 9.90. The summed E-state index contributed by atoms with van der Waals surface area (Å²) in [5, 5.41) is 0.664. The van der Waals surface area contributed by atoms with Crippen LogP contribution >= 0.6 is 11.3 Å². The van der Waals surface area contributed by atoms with Gasteiger partial charge in [0.05, 0.1) is 5.56 Å². The van der Waals surface area contributed by atoms with E-state index in [0.29, 0.717) is 17.0 Å². The van der Waals surface area contributed by atoms with E-state index < -0.39 is 11.7 Å². The molecule has 1 amide bonds. The number of hydrogen-bond acceptors (Lipinski definition) is 3. The third kappa shape index (κ3) is 4.69. The lowest BCUT2D eigenvalue weighted by atomic mass is 9.87. The number of halogens is 3. The summed E-state index contributed by atoms with van der Waals surface area (Å²) >= 11 is 1.43. The van der Waals surface area contributed by atoms with Gasteiger partial charge in [0.1, 0.15) is 5.01 Å². The maximum absolute atomic E-state index is 12.7. The fourth-order valence-electron chi connectivity index (χ4n) is 3.24. The molecule has 2 aromatic rings. The van der Waals surface area contributed by atoms with Gasteiger partial charge in [-0.2, -0.15) is 13.2 Å². The molecule has 1 aliphatic rings. The van der Waals surface area contributed by atoms with Gasteiger partial charge < -0.3 is 4.90 Å². The number of thiazole rings is 1. The van der Waals surface area contributed by atoms with Crippen molar-refractivity contribution in [2.75, 3.05) is 13.1 Å². The Balaban J connectivity index is 1.72. The molecule has 0 atom stereocenters. The van der Waals surface area contributed by atoms with Crippen molar-refractivity contribution in [2.45, 2.75) is 51.1 Å². The normalized spacial score (nSPS) is 15.8. The third-order valence-electron chi connectivity index (χ3n) is 4.93. The molecule has 1 fully saturated rings. The van der Waals surface area contributed by atoms with E-state index in [-0.39, 0.29) is 11.3 Å². The zero-order valence-electron chi connectivity index (χ0n) is 15.5. The first-order chi connectivity index (χ1) is 12.7. The zero-order valence-corrected chi connectivity index (χ0v) is 16.3. The number of nitrogens with zero attached hydrogens (tertiary/aromatic N) is 2. The molecule has 7 heteroatoms. The van der Waals surface area contributed by atoms with Gasteiger partial charge >= 0.3 is 6.18 Å². The standard InChI is InChI=1S/C20H23F3N2OS/c1-19(2,12-17(26)25-10-4-3-5-11-25)16-13-24-18(27-16)14-6-8-15(9-7-14)20(21,22)23/h6-9,13H,3-5,10-12H2,1-2H3. The second kappa shape index (κ2) is 7.62. The summed E-state index contributed by atoms with van der Waals surface area (Å²) < 4.78 is 38.1. The average Bonchev–Trinajstić information content (AvgIpc) is 3.13. The van der Waals surface area contributed by atoms with Gasteiger partial charge in [-0.25, -0.2) is 4.98 Å². The van der Waals surface area contributed by atoms with Crippen molar-refractivity contribution >= 4 is 17.2 Å². The molecule has 146 valence electrons. The molecule has 0 bridgehead atoms. The number of likely N-dealkylation sites (tertiary alicyclic amines) is 1. The van der Waals surface area contributed by atoms with Crippen molar-refractivity contribution in [1.29, 1.82) is 0 Å². The van der Waals surface area contributed by atoms with E-state index in [0.717, 1.165) is 42.9 Å². The maximum Gasteiger partial charge on any atom is 0.416 e. The van der Waals surface area contributed by atoms with Gasteiger partial charge in [-0.3, -0.25) is 4.79 Å². The van der Waals surface area contributed by atoms with Crippen LogP contribution in [0.15, 0.2) is 30.5 Å². The highest BCUT2D eigenvalue weighted by atomic mass is 32.1. The Morgan fingerprint density at radius 1 is 1.11 bits per heavy atom. The van der Waals surface area contributed by atoms with Crippen LogP contribution in [0.3, 0.4) is 0 Å². The predicted octanol–water partition coefficient (Wildman–Crippen LogP) is 5.51. The van der Waals surface area contributed by atoms with Gasteiger partial charge in [-0.05, 0) is 31.4 Å². The van der Waals surface area contributed by atoms with Crippen LogP contribution in [0.25, 0.3) is 10.6 Å². The number of benzene rings is 1. The molecular formula is C20H23F3N2OS. The lowest BCUT2D eigenvalue weighted by molar-refractivity contribution is -0.137. The molecule has 0 aliphatic carbocycles. The van der Waals surface area contributed by atoms with Crippen molar-refractivity contribution in [3.8, 4) is 10.6 Å². The van der Waals surface area contributed by atoms with Crippen molar-refractivity contribution in [1.82, 2.24) is 9.88 Å². The number of hydrogen-bond donors (Lipinski definition) is 0. The van der Waals surface area contributed by atoms with E-state index in [4.69, 9.17) is 0 Å². The Morgan fingerprint density at radius 3 is 2.33 bits per heavy atom. The molecule has 1 aliphatic heterocycles. The van der Waals surface area contributed by atoms with Gasteiger partial charge in [-0.1, -0.05) is 26.0 Å². The van der Waals surface area contributed by atoms with E-state index in [9.17, 15) is 18.0 Å². The van der Waals surface area contributed by atoms with Crippen LogP contribution in [-0.2, 0) is 16.4 Å². The van der Waals surface area contributed by atoms with E-state index in [1.165, 1.54) is 29.9 Å². The fraction of sp³-hybridized carbons (Fsp3) is 0.500. The van der Waals surface area contributed by atoms with Crippen LogP contribution in [0.4, 0.5) is 13.2 Å². The van der Waals surface area contributed by atoms with Crippen LogP contribution in [0, 0.1) is 0 Å². The fourth-order valence-corrected chi connectivity index (χ4v) is 4.26. The number of aromatic nitrogens is 1. The molecule has 0 radical (unpaired) electrons. The first kappa shape index (κ1) is 19.9. The average molecular weight is 396 g/mol. The number of rotatable bonds is 4. The number of carbonyl (C=O) groups is 1. The Morgan fingerprint density at radius 2 is 1.74 bits per heavy atom. The van der Waals surface area contributed by atoms with Gasteiger partial charge in [0.15, 0.2) is 0 Å². The molecule has 3 nitrogen and oxygen atoms in total. The number of piperidine rings is 1. The van der Waals surface area contributed by atoms with Crippen molar-refractivity contribution in [3.63, 3.8) is 0 Å². The van der Waals surface area contributed by atoms with Crippen molar-refractivity contribution in [2.24, 2.45) is 0 Å². The lowest BCUT2D eigenvalue weighted by Gasteiger charge is -2.30. The third-order valence-corrected chi connectivity index (χ3v) is 6.35. The zero-order chi connectivity index (χ0) is 19.7. The van der Waals surface area contributed by atoms with Crippen LogP contribution in [0.2, 0.25) is 0 Å². The molecule has 0 saturated carbocycles. The van der Waals surface area contributed by atoms with Crippen LogP contribution in [-0.4, -0.2) is 28.9 Å². The SMILES string of the molecule is CC(C)(CC(=O)N1CCCCC1)c1cnc(-c2ccc(C(F)(F)F)cc2)s1. The van der Waals surface area contributed by atoms with Crippen LogP contribution in [0.1, 0.15) is 50.0 Å². The summed E-state index contributed by atoms with van der Waals surface area (Å²) in [6.07, 6.45) is 1.10.